The molecule has 0 N–H and O–H groups in total. The van der Waals surface area contributed by atoms with Crippen molar-refractivity contribution in [3.8, 4) is 0 Å². The van der Waals surface area contributed by atoms with Gasteiger partial charge in [0.15, 0.2) is 0 Å². The Morgan fingerprint density at radius 3 is 1.00 bits per heavy atom. The Kier molecular flexibility index (Phi) is 93.5. The Balaban J connectivity index is 0. The van der Waals surface area contributed by atoms with Gasteiger partial charge in [-0.1, -0.05) is 0 Å². The molecule has 0 nitrogen and oxygen atoms in total. The van der Waals surface area contributed by atoms with E-state index in [0.29, 0.717) is 0 Å². The maximum absolute atomic E-state index is 0. The van der Waals surface area contributed by atoms with Gasteiger partial charge in [-0.15, -0.1) is 0 Å². The predicted molar refractivity (Wildman–Crippen MR) is 29.8 cm³/mol. The van der Waals surface area contributed by atoms with E-state index in [1.165, 1.54) is 0 Å². The summed E-state index contributed by atoms with van der Waals surface area (Å²) in [6.07, 6.45) is 0. The number of hydrogen-bond donors (Lipinski definition) is 0. The SMILES string of the molecule is [CaH2].[KH].[NaH].[P]. The Bertz CT molecular complexity index is 8.00. The van der Waals surface area contributed by atoms with E-state index >= 15 is 0 Å². The molecule has 0 unspecified atom stereocenters. The van der Waals surface area contributed by atoms with Crippen molar-refractivity contribution in [3.63, 3.8) is 0 Å². The zero-order chi connectivity index (χ0) is 0. The van der Waals surface area contributed by atoms with Crippen molar-refractivity contribution in [1.82, 2.24) is 0 Å². The molecule has 4 heavy (non-hydrogen) atoms. The monoisotopic (exact) mass is 137 g/mol. The van der Waals surface area contributed by atoms with Crippen molar-refractivity contribution in [1.29, 1.82) is 0 Å². The third kappa shape index (κ3) is 9.59. The molecule has 0 saturated heterocycles. The van der Waals surface area contributed by atoms with E-state index in [1.807, 2.05) is 0 Å². The summed E-state index contributed by atoms with van der Waals surface area (Å²) in [4.78, 5) is 0. The first-order valence-electron chi connectivity index (χ1n) is 0. The molecule has 0 fully saturated rings. The predicted octanol–water partition coefficient (Wildman–Crippen LogP) is -1.35. The zero-order valence-electron chi connectivity index (χ0n) is 0.447. The van der Waals surface area contributed by atoms with E-state index in [4.69, 9.17) is 0 Å². The van der Waals surface area contributed by atoms with E-state index in [-0.39, 0.29) is 129 Å². The largest absolute Gasteiger partial charge is 0 e. The molecule has 0 atom stereocenters. The number of hydrogen-bond acceptors (Lipinski definition) is 0. The molecule has 0 aromatic heterocycles. The fourth-order valence-corrected chi connectivity index (χ4v) is 0. The minimum atomic E-state index is 0. The molecule has 0 spiro atoms. The molecule has 0 rings (SSSR count). The van der Waals surface area contributed by atoms with Crippen molar-refractivity contribution < 1.29 is 0 Å². The van der Waals surface area contributed by atoms with Crippen LogP contribution in [0.2, 0.25) is 0 Å². The first kappa shape index (κ1) is 23.9. The van der Waals surface area contributed by atoms with Crippen molar-refractivity contribution in [2.24, 2.45) is 0 Å². The van der Waals surface area contributed by atoms with Crippen LogP contribution in [0.25, 0.3) is 0 Å². The minimum absolute atomic E-state index is 0. The second kappa shape index (κ2) is 15.7. The van der Waals surface area contributed by atoms with E-state index in [2.05, 4.69) is 0 Å². The van der Waals surface area contributed by atoms with Gasteiger partial charge in [0, 0.05) is 9.90 Å². The first-order valence-corrected chi connectivity index (χ1v) is 0. The van der Waals surface area contributed by atoms with Crippen molar-refractivity contribution in [3.05, 3.63) is 0 Å². The van der Waals surface area contributed by atoms with Crippen molar-refractivity contribution in [2.45, 2.75) is 0 Å². The third-order valence-electron chi connectivity index (χ3n) is 0. The van der Waals surface area contributed by atoms with Gasteiger partial charge >= 0.3 is 119 Å². The summed E-state index contributed by atoms with van der Waals surface area (Å²) in [5.41, 5.74) is 0. The molecule has 0 bridgehead atoms. The molecule has 0 aliphatic carbocycles. The second-order valence-electron chi connectivity index (χ2n) is 0. The summed E-state index contributed by atoms with van der Waals surface area (Å²) in [5, 5.41) is 0. The third-order valence-corrected chi connectivity index (χ3v) is 0. The van der Waals surface area contributed by atoms with Crippen LogP contribution in [-0.4, -0.2) is 119 Å². The quantitative estimate of drug-likeness (QED) is 0.286. The van der Waals surface area contributed by atoms with Crippen LogP contribution < -0.4 is 0 Å². The molecule has 0 heterocycles. The zero-order valence-corrected chi connectivity index (χ0v) is 1.34. The Morgan fingerprint density at radius 1 is 1.00 bits per heavy atom. The fraction of sp³-hybridized carbons (Fsp3) is 0. The molecule has 0 aliphatic heterocycles. The molecule has 0 amide bonds. The van der Waals surface area contributed by atoms with Gasteiger partial charge in [-0.2, -0.15) is 0 Å². The van der Waals surface area contributed by atoms with Gasteiger partial charge in [0.2, 0.25) is 0 Å². The standard InChI is InChI=1S/Ca.K.Na.P.4H. The van der Waals surface area contributed by atoms with Crippen molar-refractivity contribution >= 4 is 129 Å². The average Bonchev–Trinajstić information content (AvgIpc) is 0. The maximum Gasteiger partial charge on any atom is 0 e. The summed E-state index contributed by atoms with van der Waals surface area (Å²) < 4.78 is 0. The van der Waals surface area contributed by atoms with Crippen LogP contribution in [0.3, 0.4) is 0 Å². The van der Waals surface area contributed by atoms with Gasteiger partial charge in [-0.25, -0.2) is 0 Å². The van der Waals surface area contributed by atoms with Gasteiger partial charge in [-0.05, 0) is 0 Å². The summed E-state index contributed by atoms with van der Waals surface area (Å²) in [6, 6.07) is 0. The van der Waals surface area contributed by atoms with Crippen LogP contribution in [0, 0.1) is 0 Å². The smallest absolute Gasteiger partial charge is 0 e. The maximum atomic E-state index is 0. The molecule has 0 aromatic carbocycles. The molecule has 0 aromatic rings. The average molecular weight is 137 g/mol. The number of rotatable bonds is 0. The molecule has 3 radical (unpaired) electrons. The van der Waals surface area contributed by atoms with E-state index < -0.39 is 0 Å². The second-order valence-corrected chi connectivity index (χ2v) is 0. The fourth-order valence-electron chi connectivity index (χ4n) is 0. The topological polar surface area (TPSA) is 0 Å². The van der Waals surface area contributed by atoms with E-state index in [1.54, 1.807) is 0 Å². The van der Waals surface area contributed by atoms with Crippen LogP contribution in [0.15, 0.2) is 0 Å². The van der Waals surface area contributed by atoms with Crippen LogP contribution in [-0.2, 0) is 0 Å². The normalized spacial score (nSPS) is 0. The Hall–Kier alpha value is 4.33. The van der Waals surface area contributed by atoms with Gasteiger partial charge in [-0.3, -0.25) is 0 Å². The van der Waals surface area contributed by atoms with E-state index in [9.17, 15) is 0 Å². The summed E-state index contributed by atoms with van der Waals surface area (Å²) >= 11 is 0. The summed E-state index contributed by atoms with van der Waals surface area (Å²) in [5.74, 6) is 0. The molecular formula is H4CaKNaP. The van der Waals surface area contributed by atoms with Gasteiger partial charge in [0.25, 0.3) is 0 Å². The van der Waals surface area contributed by atoms with Crippen molar-refractivity contribution in [2.75, 3.05) is 0 Å². The first-order chi connectivity index (χ1) is 0. The van der Waals surface area contributed by atoms with Gasteiger partial charge in [0.1, 0.15) is 0 Å². The minimum Gasteiger partial charge on any atom is 0 e. The molecule has 0 saturated carbocycles. The van der Waals surface area contributed by atoms with Crippen LogP contribution >= 0.6 is 9.90 Å². The Labute approximate surface area is 125 Å². The van der Waals surface area contributed by atoms with E-state index in [0.717, 1.165) is 0 Å². The van der Waals surface area contributed by atoms with Crippen LogP contribution in [0.5, 0.6) is 0 Å². The summed E-state index contributed by atoms with van der Waals surface area (Å²) in [6.45, 7) is 0. The van der Waals surface area contributed by atoms with Gasteiger partial charge < -0.3 is 0 Å². The summed E-state index contributed by atoms with van der Waals surface area (Å²) in [7, 11) is 0. The molecule has 13 valence electrons. The molecule has 4 heteroatoms. The molecular weight excluding hydrogens is 133 g/mol. The van der Waals surface area contributed by atoms with Crippen LogP contribution in [0.1, 0.15) is 0 Å². The van der Waals surface area contributed by atoms with Crippen LogP contribution in [0.4, 0.5) is 0 Å². The molecule has 0 aliphatic rings. The Morgan fingerprint density at radius 2 is 1.00 bits per heavy atom. The van der Waals surface area contributed by atoms with Gasteiger partial charge in [0.05, 0.1) is 0 Å².